The predicted octanol–water partition coefficient (Wildman–Crippen LogP) is 4.15. The molecular formula is C17H22F3NO2. The van der Waals surface area contributed by atoms with E-state index in [0.29, 0.717) is 11.3 Å². The van der Waals surface area contributed by atoms with Gasteiger partial charge < -0.3 is 9.64 Å². The van der Waals surface area contributed by atoms with Crippen LogP contribution in [0.4, 0.5) is 13.2 Å². The summed E-state index contributed by atoms with van der Waals surface area (Å²) in [6.07, 6.45) is -1.82. The van der Waals surface area contributed by atoms with Gasteiger partial charge in [0, 0.05) is 18.2 Å². The average Bonchev–Trinajstić information content (AvgIpc) is 2.41. The van der Waals surface area contributed by atoms with Crippen LogP contribution in [-0.2, 0) is 4.79 Å². The average molecular weight is 329 g/mol. The standard InChI is InChI=1S/C17H22F3NO2/c1-16(2,3)11-21(12-17(18,19)20)15(22)10-9-13-7-5-6-8-14(13)23-4/h5-10H,11-12H2,1-4H3/b10-9+. The number of ether oxygens (including phenoxy) is 1. The number of carbonyl (C=O) groups is 1. The minimum absolute atomic E-state index is 0.0155. The van der Waals surface area contributed by atoms with Gasteiger partial charge >= 0.3 is 6.18 Å². The zero-order valence-electron chi connectivity index (χ0n) is 13.8. The number of hydrogen-bond acceptors (Lipinski definition) is 2. The smallest absolute Gasteiger partial charge is 0.406 e. The van der Waals surface area contributed by atoms with Gasteiger partial charge in [0.2, 0.25) is 5.91 Å². The first-order valence-electron chi connectivity index (χ1n) is 7.18. The fourth-order valence-electron chi connectivity index (χ4n) is 2.07. The van der Waals surface area contributed by atoms with Crippen molar-refractivity contribution in [3.05, 3.63) is 35.9 Å². The number of benzene rings is 1. The number of amides is 1. The second-order valence-electron chi connectivity index (χ2n) is 6.45. The summed E-state index contributed by atoms with van der Waals surface area (Å²) in [5, 5.41) is 0. The molecule has 3 nitrogen and oxygen atoms in total. The topological polar surface area (TPSA) is 29.5 Å². The molecular weight excluding hydrogens is 307 g/mol. The number of methoxy groups -OCH3 is 1. The van der Waals surface area contributed by atoms with Gasteiger partial charge in [0.05, 0.1) is 7.11 Å². The second-order valence-corrected chi connectivity index (χ2v) is 6.45. The molecule has 0 N–H and O–H groups in total. The van der Waals surface area contributed by atoms with Crippen LogP contribution in [0.2, 0.25) is 0 Å². The van der Waals surface area contributed by atoms with Crippen molar-refractivity contribution in [2.75, 3.05) is 20.2 Å². The number of halogens is 3. The number of carbonyl (C=O) groups excluding carboxylic acids is 1. The highest BCUT2D eigenvalue weighted by atomic mass is 19.4. The van der Waals surface area contributed by atoms with Gasteiger partial charge in [0.25, 0.3) is 0 Å². The Labute approximate surface area is 134 Å². The highest BCUT2D eigenvalue weighted by Crippen LogP contribution is 2.23. The van der Waals surface area contributed by atoms with Gasteiger partial charge in [-0.1, -0.05) is 39.0 Å². The Kier molecular flexibility index (Phi) is 6.24. The molecule has 0 fully saturated rings. The van der Waals surface area contributed by atoms with Crippen LogP contribution >= 0.6 is 0 Å². The molecule has 0 atom stereocenters. The van der Waals surface area contributed by atoms with Crippen LogP contribution in [-0.4, -0.2) is 37.2 Å². The lowest BCUT2D eigenvalue weighted by molar-refractivity contribution is -0.160. The molecule has 1 amide bonds. The molecule has 1 rings (SSSR count). The van der Waals surface area contributed by atoms with Gasteiger partial charge in [0.15, 0.2) is 0 Å². The van der Waals surface area contributed by atoms with Crippen LogP contribution in [0.1, 0.15) is 26.3 Å². The minimum atomic E-state index is -4.43. The van der Waals surface area contributed by atoms with E-state index in [0.717, 1.165) is 11.0 Å². The molecule has 0 aromatic heterocycles. The first-order chi connectivity index (χ1) is 10.5. The Hall–Kier alpha value is -1.98. The Morgan fingerprint density at radius 1 is 1.17 bits per heavy atom. The summed E-state index contributed by atoms with van der Waals surface area (Å²) in [6, 6.07) is 6.97. The fourth-order valence-corrected chi connectivity index (χ4v) is 2.07. The molecule has 0 aliphatic rings. The van der Waals surface area contributed by atoms with Gasteiger partial charge in [-0.15, -0.1) is 0 Å². The zero-order chi connectivity index (χ0) is 17.7. The molecule has 1 aromatic rings. The Morgan fingerprint density at radius 3 is 2.30 bits per heavy atom. The van der Waals surface area contributed by atoms with Gasteiger partial charge in [-0.3, -0.25) is 4.79 Å². The van der Waals surface area contributed by atoms with Crippen molar-refractivity contribution in [3.8, 4) is 5.75 Å². The van der Waals surface area contributed by atoms with E-state index in [4.69, 9.17) is 4.74 Å². The fraction of sp³-hybridized carbons (Fsp3) is 0.471. The van der Waals surface area contributed by atoms with Crippen molar-refractivity contribution in [2.24, 2.45) is 5.41 Å². The third-order valence-electron chi connectivity index (χ3n) is 2.89. The number of hydrogen-bond donors (Lipinski definition) is 0. The van der Waals surface area contributed by atoms with Crippen LogP contribution in [0.15, 0.2) is 30.3 Å². The van der Waals surface area contributed by atoms with Crippen molar-refractivity contribution in [1.29, 1.82) is 0 Å². The Balaban J connectivity index is 2.94. The van der Waals surface area contributed by atoms with Crippen molar-refractivity contribution in [1.82, 2.24) is 4.90 Å². The summed E-state index contributed by atoms with van der Waals surface area (Å²) in [7, 11) is 1.49. The van der Waals surface area contributed by atoms with Crippen molar-refractivity contribution in [3.63, 3.8) is 0 Å². The van der Waals surface area contributed by atoms with Crippen LogP contribution in [0, 0.1) is 5.41 Å². The van der Waals surface area contributed by atoms with Crippen LogP contribution < -0.4 is 4.74 Å². The van der Waals surface area contributed by atoms with Crippen LogP contribution in [0.25, 0.3) is 6.08 Å². The van der Waals surface area contributed by atoms with Crippen molar-refractivity contribution in [2.45, 2.75) is 26.9 Å². The number of alkyl halides is 3. The first kappa shape index (κ1) is 19.1. The SMILES string of the molecule is COc1ccccc1/C=C/C(=O)N(CC(C)(C)C)CC(F)(F)F. The minimum Gasteiger partial charge on any atom is -0.496 e. The molecule has 6 heteroatoms. The number of nitrogens with zero attached hydrogens (tertiary/aromatic N) is 1. The summed E-state index contributed by atoms with van der Waals surface area (Å²) in [4.78, 5) is 13.0. The van der Waals surface area contributed by atoms with E-state index in [1.54, 1.807) is 45.0 Å². The zero-order valence-corrected chi connectivity index (χ0v) is 13.8. The van der Waals surface area contributed by atoms with E-state index in [-0.39, 0.29) is 6.54 Å². The lowest BCUT2D eigenvalue weighted by Gasteiger charge is -2.29. The van der Waals surface area contributed by atoms with E-state index in [9.17, 15) is 18.0 Å². The molecule has 0 saturated carbocycles. The van der Waals surface area contributed by atoms with Gasteiger partial charge in [0.1, 0.15) is 12.3 Å². The monoisotopic (exact) mass is 329 g/mol. The molecule has 0 heterocycles. The molecule has 0 aliphatic heterocycles. The lowest BCUT2D eigenvalue weighted by atomic mass is 9.96. The molecule has 1 aromatic carbocycles. The number of para-hydroxylation sites is 1. The van der Waals surface area contributed by atoms with E-state index in [1.165, 1.54) is 13.2 Å². The summed E-state index contributed by atoms with van der Waals surface area (Å²) < 4.78 is 43.2. The predicted molar refractivity (Wildman–Crippen MR) is 84.1 cm³/mol. The molecule has 128 valence electrons. The molecule has 23 heavy (non-hydrogen) atoms. The van der Waals surface area contributed by atoms with E-state index in [2.05, 4.69) is 0 Å². The van der Waals surface area contributed by atoms with E-state index >= 15 is 0 Å². The maximum absolute atomic E-state index is 12.7. The van der Waals surface area contributed by atoms with Crippen LogP contribution in [0.3, 0.4) is 0 Å². The quantitative estimate of drug-likeness (QED) is 0.760. The molecule has 0 aliphatic carbocycles. The molecule has 0 spiro atoms. The Morgan fingerprint density at radius 2 is 1.78 bits per heavy atom. The summed E-state index contributed by atoms with van der Waals surface area (Å²) >= 11 is 0. The van der Waals surface area contributed by atoms with Gasteiger partial charge in [-0.25, -0.2) is 0 Å². The number of rotatable bonds is 5. The molecule has 0 saturated heterocycles. The maximum Gasteiger partial charge on any atom is 0.406 e. The molecule has 0 radical (unpaired) electrons. The summed E-state index contributed by atoms with van der Waals surface area (Å²) in [5.74, 6) is -0.127. The lowest BCUT2D eigenvalue weighted by Crippen LogP contribution is -2.42. The Bertz CT molecular complexity index is 544. The maximum atomic E-state index is 12.7. The summed E-state index contributed by atoms with van der Waals surface area (Å²) in [5.41, 5.74) is 0.199. The highest BCUT2D eigenvalue weighted by molar-refractivity contribution is 5.92. The third-order valence-corrected chi connectivity index (χ3v) is 2.89. The molecule has 0 unspecified atom stereocenters. The second kappa shape index (κ2) is 7.53. The van der Waals surface area contributed by atoms with Crippen molar-refractivity contribution >= 4 is 12.0 Å². The van der Waals surface area contributed by atoms with Crippen LogP contribution in [0.5, 0.6) is 5.75 Å². The van der Waals surface area contributed by atoms with E-state index in [1.807, 2.05) is 0 Å². The van der Waals surface area contributed by atoms with Gasteiger partial charge in [-0.05, 0) is 17.6 Å². The summed E-state index contributed by atoms with van der Waals surface area (Å²) in [6.45, 7) is 4.11. The van der Waals surface area contributed by atoms with E-state index < -0.39 is 24.0 Å². The normalized spacial score (nSPS) is 12.5. The third kappa shape index (κ3) is 7.21. The first-order valence-corrected chi connectivity index (χ1v) is 7.18. The van der Waals surface area contributed by atoms with Gasteiger partial charge in [-0.2, -0.15) is 13.2 Å². The molecule has 0 bridgehead atoms. The largest absolute Gasteiger partial charge is 0.496 e. The highest BCUT2D eigenvalue weighted by Gasteiger charge is 2.34. The van der Waals surface area contributed by atoms with Crippen molar-refractivity contribution < 1.29 is 22.7 Å².